The van der Waals surface area contributed by atoms with Crippen LogP contribution < -0.4 is 5.32 Å². The molecule has 0 radical (unpaired) electrons. The van der Waals surface area contributed by atoms with Crippen molar-refractivity contribution in [2.45, 2.75) is 60.4 Å². The molecule has 1 atom stereocenters. The molecule has 2 heteroatoms. The van der Waals surface area contributed by atoms with Gasteiger partial charge in [0.1, 0.15) is 5.75 Å². The maximum atomic E-state index is 10.5. The van der Waals surface area contributed by atoms with Crippen molar-refractivity contribution in [2.75, 3.05) is 5.32 Å². The van der Waals surface area contributed by atoms with Crippen molar-refractivity contribution in [1.82, 2.24) is 0 Å². The Labute approximate surface area is 146 Å². The third kappa shape index (κ3) is 4.77. The summed E-state index contributed by atoms with van der Waals surface area (Å²) in [5, 5.41) is 14.0. The van der Waals surface area contributed by atoms with Crippen LogP contribution in [-0.2, 0) is 19.4 Å². The van der Waals surface area contributed by atoms with Gasteiger partial charge in [-0.3, -0.25) is 0 Å². The van der Waals surface area contributed by atoms with Crippen LogP contribution in [0.5, 0.6) is 5.75 Å². The average molecular weight is 325 g/mol. The Morgan fingerprint density at radius 2 is 1.58 bits per heavy atom. The van der Waals surface area contributed by atoms with Crippen molar-refractivity contribution in [3.63, 3.8) is 0 Å². The molecule has 0 spiro atoms. The molecule has 2 N–H and O–H groups in total. The highest BCUT2D eigenvalue weighted by Gasteiger charge is 2.11. The van der Waals surface area contributed by atoms with Gasteiger partial charge in [-0.1, -0.05) is 45.4 Å². The van der Waals surface area contributed by atoms with E-state index in [0.29, 0.717) is 11.7 Å². The lowest BCUT2D eigenvalue weighted by Gasteiger charge is -2.16. The second-order valence-electron chi connectivity index (χ2n) is 7.06. The Morgan fingerprint density at radius 3 is 2.17 bits per heavy atom. The van der Waals surface area contributed by atoms with Gasteiger partial charge in [0.05, 0.1) is 0 Å². The van der Waals surface area contributed by atoms with E-state index >= 15 is 0 Å². The van der Waals surface area contributed by atoms with Gasteiger partial charge in [-0.05, 0) is 72.6 Å². The molecule has 0 aliphatic heterocycles. The van der Waals surface area contributed by atoms with Crippen molar-refractivity contribution in [3.05, 3.63) is 58.1 Å². The molecule has 0 heterocycles. The van der Waals surface area contributed by atoms with Crippen molar-refractivity contribution in [1.29, 1.82) is 0 Å². The smallest absolute Gasteiger partial charge is 0.121 e. The van der Waals surface area contributed by atoms with E-state index in [9.17, 15) is 5.11 Å². The van der Waals surface area contributed by atoms with Crippen LogP contribution in [0, 0.1) is 19.8 Å². The van der Waals surface area contributed by atoms with E-state index in [1.165, 1.54) is 16.7 Å². The fourth-order valence-corrected chi connectivity index (χ4v) is 3.16. The van der Waals surface area contributed by atoms with E-state index in [1.54, 1.807) is 0 Å². The minimum absolute atomic E-state index is 0.493. The summed E-state index contributed by atoms with van der Waals surface area (Å²) in [5.74, 6) is 1.08. The molecule has 130 valence electrons. The number of rotatable bonds is 7. The zero-order chi connectivity index (χ0) is 17.7. The lowest BCUT2D eigenvalue weighted by Crippen LogP contribution is -2.05. The first-order valence-electron chi connectivity index (χ1n) is 9.08. The van der Waals surface area contributed by atoms with Crippen LogP contribution in [-0.4, -0.2) is 5.11 Å². The summed E-state index contributed by atoms with van der Waals surface area (Å²) >= 11 is 0. The topological polar surface area (TPSA) is 32.3 Å². The van der Waals surface area contributed by atoms with Gasteiger partial charge in [0.25, 0.3) is 0 Å². The normalized spacial score (nSPS) is 12.2. The highest BCUT2D eigenvalue weighted by atomic mass is 16.3. The van der Waals surface area contributed by atoms with Crippen molar-refractivity contribution in [3.8, 4) is 5.75 Å². The maximum Gasteiger partial charge on any atom is 0.121 e. The molecule has 0 amide bonds. The number of anilines is 1. The predicted molar refractivity (Wildman–Crippen MR) is 104 cm³/mol. The molecule has 0 aliphatic carbocycles. The lowest BCUT2D eigenvalue weighted by molar-refractivity contribution is 0.451. The van der Waals surface area contributed by atoms with Crippen LogP contribution in [0.25, 0.3) is 0 Å². The quantitative estimate of drug-likeness (QED) is 0.677. The number of nitrogens with one attached hydrogen (secondary N) is 1. The summed E-state index contributed by atoms with van der Waals surface area (Å²) in [4.78, 5) is 0. The zero-order valence-electron chi connectivity index (χ0n) is 15.7. The van der Waals surface area contributed by atoms with Crippen molar-refractivity contribution in [2.24, 2.45) is 5.92 Å². The SMILES string of the molecule is CCc1cc(CNc2cc(C)cc(C)c2)cc(CC(C)CC)c1O. The Bertz CT molecular complexity index is 670. The summed E-state index contributed by atoms with van der Waals surface area (Å²) in [6.07, 6.45) is 2.93. The number of hydrogen-bond acceptors (Lipinski definition) is 2. The Hall–Kier alpha value is -1.96. The number of aryl methyl sites for hydroxylation is 3. The predicted octanol–water partition coefficient (Wildman–Crippen LogP) is 5.77. The van der Waals surface area contributed by atoms with Gasteiger partial charge in [-0.25, -0.2) is 0 Å². The molecular formula is C22H31NO. The minimum atomic E-state index is 0.493. The fourth-order valence-electron chi connectivity index (χ4n) is 3.16. The first kappa shape index (κ1) is 18.4. The monoisotopic (exact) mass is 325 g/mol. The van der Waals surface area contributed by atoms with Crippen LogP contribution in [0.4, 0.5) is 5.69 Å². The van der Waals surface area contributed by atoms with E-state index in [-0.39, 0.29) is 0 Å². The van der Waals surface area contributed by atoms with Gasteiger partial charge in [0.15, 0.2) is 0 Å². The standard InChI is InChI=1S/C22H31NO/c1-6-15(3)9-20-13-18(12-19(7-2)22(20)24)14-23-21-10-16(4)8-17(5)11-21/h8,10-13,15,23-24H,6-7,9,14H2,1-5H3. The summed E-state index contributed by atoms with van der Waals surface area (Å²) in [7, 11) is 0. The molecular weight excluding hydrogens is 294 g/mol. The summed E-state index contributed by atoms with van der Waals surface area (Å²) in [5.41, 5.74) is 7.07. The first-order chi connectivity index (χ1) is 11.4. The molecule has 0 saturated heterocycles. The van der Waals surface area contributed by atoms with Gasteiger partial charge < -0.3 is 10.4 Å². The van der Waals surface area contributed by atoms with Gasteiger partial charge >= 0.3 is 0 Å². The highest BCUT2D eigenvalue weighted by molar-refractivity contribution is 5.50. The van der Waals surface area contributed by atoms with Crippen LogP contribution >= 0.6 is 0 Å². The average Bonchev–Trinajstić information content (AvgIpc) is 2.54. The van der Waals surface area contributed by atoms with Crippen LogP contribution in [0.1, 0.15) is 55.0 Å². The molecule has 0 bridgehead atoms. The number of benzene rings is 2. The second kappa shape index (κ2) is 8.23. The van der Waals surface area contributed by atoms with Crippen molar-refractivity contribution >= 4 is 5.69 Å². The number of phenolic OH excluding ortho intramolecular Hbond substituents is 1. The third-order valence-electron chi connectivity index (χ3n) is 4.69. The summed E-state index contributed by atoms with van der Waals surface area (Å²) in [6.45, 7) is 11.6. The number of phenols is 1. The molecule has 0 aromatic heterocycles. The second-order valence-corrected chi connectivity index (χ2v) is 7.06. The molecule has 0 saturated carbocycles. The zero-order valence-corrected chi connectivity index (χ0v) is 15.7. The van der Waals surface area contributed by atoms with Crippen LogP contribution in [0.3, 0.4) is 0 Å². The van der Waals surface area contributed by atoms with Gasteiger partial charge in [-0.15, -0.1) is 0 Å². The van der Waals surface area contributed by atoms with Crippen molar-refractivity contribution < 1.29 is 5.11 Å². The number of hydrogen-bond donors (Lipinski definition) is 2. The maximum absolute atomic E-state index is 10.5. The summed E-state index contributed by atoms with van der Waals surface area (Å²) < 4.78 is 0. The van der Waals surface area contributed by atoms with Gasteiger partial charge in [0.2, 0.25) is 0 Å². The third-order valence-corrected chi connectivity index (χ3v) is 4.69. The lowest BCUT2D eigenvalue weighted by atomic mass is 9.94. The molecule has 0 aliphatic rings. The minimum Gasteiger partial charge on any atom is -0.507 e. The molecule has 24 heavy (non-hydrogen) atoms. The molecule has 2 aromatic carbocycles. The summed E-state index contributed by atoms with van der Waals surface area (Å²) in [6, 6.07) is 10.8. The van der Waals surface area contributed by atoms with E-state index in [2.05, 4.69) is 70.3 Å². The first-order valence-corrected chi connectivity index (χ1v) is 9.08. The highest BCUT2D eigenvalue weighted by Crippen LogP contribution is 2.28. The van der Waals surface area contributed by atoms with Crippen LogP contribution in [0.15, 0.2) is 30.3 Å². The molecule has 2 rings (SSSR count). The molecule has 1 unspecified atom stereocenters. The van der Waals surface area contributed by atoms with Gasteiger partial charge in [-0.2, -0.15) is 0 Å². The fraction of sp³-hybridized carbons (Fsp3) is 0.455. The molecule has 2 nitrogen and oxygen atoms in total. The number of aromatic hydroxyl groups is 1. The Kier molecular flexibility index (Phi) is 6.30. The van der Waals surface area contributed by atoms with E-state index in [1.807, 2.05) is 0 Å². The molecule has 0 fully saturated rings. The Balaban J connectivity index is 2.21. The van der Waals surface area contributed by atoms with E-state index < -0.39 is 0 Å². The van der Waals surface area contributed by atoms with E-state index in [4.69, 9.17) is 0 Å². The van der Waals surface area contributed by atoms with E-state index in [0.717, 1.165) is 42.6 Å². The van der Waals surface area contributed by atoms with Crippen LogP contribution in [0.2, 0.25) is 0 Å². The largest absolute Gasteiger partial charge is 0.507 e. The molecule has 2 aromatic rings. The van der Waals surface area contributed by atoms with Gasteiger partial charge in [0, 0.05) is 12.2 Å². The Morgan fingerprint density at radius 1 is 0.958 bits per heavy atom.